The fraction of sp³-hybridized carbons (Fsp3) is 0.848. The molecule has 9 nitrogen and oxygen atoms in total. The number of aliphatic hydroxyl groups is 5. The van der Waals surface area contributed by atoms with Crippen LogP contribution >= 0.6 is 0 Å². The van der Waals surface area contributed by atoms with Gasteiger partial charge in [0.15, 0.2) is 6.29 Å². The number of aliphatic hydroxyl groups excluding tert-OH is 5. The van der Waals surface area contributed by atoms with Gasteiger partial charge in [-0.2, -0.15) is 0 Å². The van der Waals surface area contributed by atoms with Crippen molar-refractivity contribution in [2.24, 2.45) is 0 Å². The van der Waals surface area contributed by atoms with Crippen LogP contribution in [0.2, 0.25) is 0 Å². The number of carbonyl (C=O) groups excluding carboxylic acids is 1. The number of carbonyl (C=O) groups is 1. The van der Waals surface area contributed by atoms with Crippen molar-refractivity contribution in [2.75, 3.05) is 13.2 Å². The van der Waals surface area contributed by atoms with Crippen LogP contribution in [-0.2, 0) is 14.3 Å². The van der Waals surface area contributed by atoms with Gasteiger partial charge in [-0.25, -0.2) is 0 Å². The average molecular weight is 780 g/mol. The molecule has 0 spiro atoms. The fourth-order valence-corrected chi connectivity index (χ4v) is 7.03. The predicted molar refractivity (Wildman–Crippen MR) is 226 cm³/mol. The van der Waals surface area contributed by atoms with Crippen molar-refractivity contribution >= 4 is 5.91 Å². The van der Waals surface area contributed by atoms with Crippen LogP contribution in [0.15, 0.2) is 36.5 Å². The zero-order valence-corrected chi connectivity index (χ0v) is 35.2. The normalized spacial score (nSPS) is 21.6. The van der Waals surface area contributed by atoms with E-state index < -0.39 is 49.5 Å². The highest BCUT2D eigenvalue weighted by molar-refractivity contribution is 5.76. The van der Waals surface area contributed by atoms with Crippen molar-refractivity contribution in [2.45, 2.75) is 236 Å². The SMILES string of the molecule is CCCCCCCC/C=C/CCCCCCCCCCCCCC(=O)N[C@@H](CO[C@H]1O[C@@H](CO)[C@H](O)C(O)C1O)[C@H](O)/C=C/C=C/CCCCCCCCC. The maximum Gasteiger partial charge on any atom is 0.220 e. The number of nitrogens with one attached hydrogen (secondary N) is 1. The molecule has 1 rings (SSSR count). The van der Waals surface area contributed by atoms with E-state index in [1.807, 2.05) is 6.08 Å². The van der Waals surface area contributed by atoms with Gasteiger partial charge < -0.3 is 40.3 Å². The minimum absolute atomic E-state index is 0.197. The van der Waals surface area contributed by atoms with Gasteiger partial charge in [-0.1, -0.05) is 179 Å². The van der Waals surface area contributed by atoms with Crippen LogP contribution in [0.1, 0.15) is 194 Å². The Kier molecular flexibility index (Phi) is 34.3. The smallest absolute Gasteiger partial charge is 0.220 e. The molecule has 6 N–H and O–H groups in total. The molecule has 1 heterocycles. The number of allylic oxidation sites excluding steroid dienone is 5. The summed E-state index contributed by atoms with van der Waals surface area (Å²) in [5, 5.41) is 54.0. The lowest BCUT2D eigenvalue weighted by molar-refractivity contribution is -0.302. The van der Waals surface area contributed by atoms with E-state index in [2.05, 4.69) is 37.4 Å². The molecule has 1 fully saturated rings. The molecule has 0 aromatic heterocycles. The van der Waals surface area contributed by atoms with E-state index in [1.54, 1.807) is 12.2 Å². The lowest BCUT2D eigenvalue weighted by Gasteiger charge is -2.40. The highest BCUT2D eigenvalue weighted by Gasteiger charge is 2.44. The number of unbranched alkanes of at least 4 members (excludes halogenated alkanes) is 24. The molecule has 0 radical (unpaired) electrons. The zero-order chi connectivity index (χ0) is 40.2. The molecule has 0 aromatic carbocycles. The van der Waals surface area contributed by atoms with Crippen LogP contribution in [0, 0.1) is 0 Å². The molecule has 1 amide bonds. The molecule has 0 saturated carbocycles. The zero-order valence-electron chi connectivity index (χ0n) is 35.2. The molecule has 0 aromatic rings. The van der Waals surface area contributed by atoms with Gasteiger partial charge in [-0.15, -0.1) is 0 Å². The van der Waals surface area contributed by atoms with E-state index in [1.165, 1.54) is 141 Å². The molecule has 322 valence electrons. The second-order valence-corrected chi connectivity index (χ2v) is 15.9. The number of amides is 1. The largest absolute Gasteiger partial charge is 0.394 e. The molecule has 7 atom stereocenters. The van der Waals surface area contributed by atoms with Gasteiger partial charge in [-0.05, 0) is 44.9 Å². The van der Waals surface area contributed by atoms with E-state index in [0.717, 1.165) is 32.1 Å². The molecule has 55 heavy (non-hydrogen) atoms. The Labute approximate surface area is 336 Å². The van der Waals surface area contributed by atoms with E-state index in [9.17, 15) is 30.3 Å². The third kappa shape index (κ3) is 27.6. The lowest BCUT2D eigenvalue weighted by Crippen LogP contribution is -2.60. The van der Waals surface area contributed by atoms with Gasteiger partial charge in [0.2, 0.25) is 5.91 Å². The van der Waals surface area contributed by atoms with E-state index in [4.69, 9.17) is 9.47 Å². The third-order valence-corrected chi connectivity index (χ3v) is 10.7. The molecular weight excluding hydrogens is 695 g/mol. The van der Waals surface area contributed by atoms with Crippen LogP contribution in [0.5, 0.6) is 0 Å². The quantitative estimate of drug-likeness (QED) is 0.0208. The van der Waals surface area contributed by atoms with Gasteiger partial charge in [0.25, 0.3) is 0 Å². The van der Waals surface area contributed by atoms with Crippen molar-refractivity contribution in [1.82, 2.24) is 5.32 Å². The van der Waals surface area contributed by atoms with Crippen molar-refractivity contribution in [3.8, 4) is 0 Å². The Morgan fingerprint density at radius 2 is 1.07 bits per heavy atom. The summed E-state index contributed by atoms with van der Waals surface area (Å²) in [4.78, 5) is 12.9. The maximum absolute atomic E-state index is 12.9. The second-order valence-electron chi connectivity index (χ2n) is 15.9. The second kappa shape index (κ2) is 36.7. The number of hydrogen-bond donors (Lipinski definition) is 6. The molecule has 0 aliphatic carbocycles. The summed E-state index contributed by atoms with van der Waals surface area (Å²) in [6.07, 6.45) is 37.7. The minimum atomic E-state index is -1.57. The predicted octanol–water partition coefficient (Wildman–Crippen LogP) is 9.28. The van der Waals surface area contributed by atoms with Crippen LogP contribution in [0.3, 0.4) is 0 Å². The topological polar surface area (TPSA) is 149 Å². The monoisotopic (exact) mass is 780 g/mol. The Morgan fingerprint density at radius 3 is 1.56 bits per heavy atom. The molecule has 0 bridgehead atoms. The summed E-state index contributed by atoms with van der Waals surface area (Å²) in [7, 11) is 0. The van der Waals surface area contributed by atoms with Crippen molar-refractivity contribution in [1.29, 1.82) is 0 Å². The van der Waals surface area contributed by atoms with Crippen LogP contribution in [-0.4, -0.2) is 87.5 Å². The maximum atomic E-state index is 12.9. The Hall–Kier alpha value is -1.59. The summed E-state index contributed by atoms with van der Waals surface area (Å²) >= 11 is 0. The summed E-state index contributed by atoms with van der Waals surface area (Å²) < 4.78 is 11.2. The number of hydrogen-bond acceptors (Lipinski definition) is 8. The summed E-state index contributed by atoms with van der Waals surface area (Å²) in [5.74, 6) is -0.197. The highest BCUT2D eigenvalue weighted by atomic mass is 16.7. The first-order valence-corrected chi connectivity index (χ1v) is 22.7. The summed E-state index contributed by atoms with van der Waals surface area (Å²) in [6, 6.07) is -0.834. The molecule has 1 aliphatic heterocycles. The van der Waals surface area contributed by atoms with Gasteiger partial charge >= 0.3 is 0 Å². The van der Waals surface area contributed by atoms with Crippen molar-refractivity contribution < 1.29 is 39.8 Å². The van der Waals surface area contributed by atoms with Gasteiger partial charge in [-0.3, -0.25) is 4.79 Å². The summed E-state index contributed by atoms with van der Waals surface area (Å²) in [5.41, 5.74) is 0. The van der Waals surface area contributed by atoms with E-state index in [-0.39, 0.29) is 12.5 Å². The summed E-state index contributed by atoms with van der Waals surface area (Å²) in [6.45, 7) is 3.71. The Bertz CT molecular complexity index is 956. The van der Waals surface area contributed by atoms with Gasteiger partial charge in [0.05, 0.1) is 25.4 Å². The van der Waals surface area contributed by atoms with Crippen LogP contribution in [0.25, 0.3) is 0 Å². The first-order valence-electron chi connectivity index (χ1n) is 22.7. The minimum Gasteiger partial charge on any atom is -0.394 e. The molecule has 1 aliphatic rings. The highest BCUT2D eigenvalue weighted by Crippen LogP contribution is 2.22. The molecule has 1 saturated heterocycles. The van der Waals surface area contributed by atoms with E-state index in [0.29, 0.717) is 6.42 Å². The first kappa shape index (κ1) is 51.4. The molecule has 2 unspecified atom stereocenters. The average Bonchev–Trinajstić information content (AvgIpc) is 3.18. The van der Waals surface area contributed by atoms with Crippen LogP contribution < -0.4 is 5.32 Å². The fourth-order valence-electron chi connectivity index (χ4n) is 7.03. The van der Waals surface area contributed by atoms with Gasteiger partial charge in [0, 0.05) is 6.42 Å². The first-order chi connectivity index (χ1) is 26.8. The Morgan fingerprint density at radius 1 is 0.618 bits per heavy atom. The Balaban J connectivity index is 2.32. The molecule has 9 heteroatoms. The van der Waals surface area contributed by atoms with Crippen LogP contribution in [0.4, 0.5) is 0 Å². The standard InChI is InChI=1S/C46H85NO8/c1-3-5-7-9-11-13-15-16-17-18-19-20-21-22-23-24-26-28-30-32-34-36-42(50)47-39(38-54-46-45(53)44(52)43(51)41(37-48)55-46)40(49)35-33-31-29-27-25-14-12-10-8-6-4-2/h16-17,29,31,33,35,39-41,43-46,48-49,51-53H,3-15,18-28,30,32,34,36-38H2,1-2H3,(H,47,50)/b17-16+,31-29+,35-33+/t39-,40+,41-,43-,44?,45?,46-/m0/s1. The number of rotatable bonds is 37. The van der Waals surface area contributed by atoms with E-state index >= 15 is 0 Å². The molecular formula is C46H85NO8. The van der Waals surface area contributed by atoms with Crippen molar-refractivity contribution in [3.63, 3.8) is 0 Å². The lowest BCUT2D eigenvalue weighted by atomic mass is 9.99. The van der Waals surface area contributed by atoms with Gasteiger partial charge in [0.1, 0.15) is 24.4 Å². The number of ether oxygens (including phenoxy) is 2. The third-order valence-electron chi connectivity index (χ3n) is 10.7. The van der Waals surface area contributed by atoms with Crippen molar-refractivity contribution in [3.05, 3.63) is 36.5 Å².